The third kappa shape index (κ3) is 6.62. The van der Waals surface area contributed by atoms with Crippen molar-refractivity contribution in [3.8, 4) is 5.75 Å². The molecule has 3 amide bonds. The molecule has 1 fully saturated rings. The van der Waals surface area contributed by atoms with Gasteiger partial charge in [0.05, 0.1) is 18.7 Å². The molecule has 0 spiro atoms. The summed E-state index contributed by atoms with van der Waals surface area (Å²) in [4.78, 5) is 51.0. The summed E-state index contributed by atoms with van der Waals surface area (Å²) in [6.45, 7) is 0.100. The number of carbonyl (C=O) groups excluding carboxylic acids is 4. The van der Waals surface area contributed by atoms with Crippen LogP contribution in [0.3, 0.4) is 0 Å². The third-order valence-electron chi connectivity index (χ3n) is 6.36. The molecule has 0 unspecified atom stereocenters. The number of Topliss-reactive ketones (excluding diaryl/α,β-unsaturated/α-hetero) is 1. The zero-order chi connectivity index (χ0) is 27.3. The van der Waals surface area contributed by atoms with Crippen LogP contribution in [0.4, 0.5) is 8.78 Å². The number of methoxy groups -OCH3 is 1. The predicted octanol–water partition coefficient (Wildman–Crippen LogP) is 2.16. The molecule has 202 valence electrons. The second kappa shape index (κ2) is 12.1. The minimum Gasteiger partial charge on any atom is -0.496 e. The van der Waals surface area contributed by atoms with Crippen molar-refractivity contribution in [2.75, 3.05) is 20.3 Å². The molecule has 0 aliphatic carbocycles. The lowest BCUT2D eigenvalue weighted by Crippen LogP contribution is -2.47. The van der Waals surface area contributed by atoms with Crippen LogP contribution in [0, 0.1) is 11.8 Å². The van der Waals surface area contributed by atoms with E-state index in [0.29, 0.717) is 29.6 Å². The van der Waals surface area contributed by atoms with E-state index in [-0.39, 0.29) is 30.4 Å². The molecule has 1 aliphatic heterocycles. The number of carbonyl (C=O) groups is 4. The Morgan fingerprint density at radius 1 is 1.27 bits per heavy atom. The second-order valence-electron chi connectivity index (χ2n) is 9.41. The fraction of sp³-hybridized carbons (Fsp3) is 0.520. The number of halogens is 2. The Hall–Kier alpha value is -3.54. The van der Waals surface area contributed by atoms with Crippen molar-refractivity contribution in [1.82, 2.24) is 15.2 Å². The van der Waals surface area contributed by atoms with Crippen molar-refractivity contribution in [3.63, 3.8) is 0 Å². The SMILES string of the molecule is COc1cccc2c1cc(C(N)=O)n2[C@@H](CC(C)C)C(=O)N[C@@H](C[C@@H]1CCNC1=O)C(=O)COC(F)F. The molecule has 2 aromatic rings. The van der Waals surface area contributed by atoms with Crippen LogP contribution in [0.15, 0.2) is 24.3 Å². The van der Waals surface area contributed by atoms with Crippen LogP contribution in [-0.2, 0) is 19.1 Å². The van der Waals surface area contributed by atoms with E-state index in [1.807, 2.05) is 13.8 Å². The summed E-state index contributed by atoms with van der Waals surface area (Å²) in [7, 11) is 1.48. The largest absolute Gasteiger partial charge is 0.496 e. The van der Waals surface area contributed by atoms with Crippen molar-refractivity contribution in [2.24, 2.45) is 17.6 Å². The Bertz CT molecular complexity index is 1170. The number of hydrogen-bond acceptors (Lipinski definition) is 6. The van der Waals surface area contributed by atoms with Gasteiger partial charge >= 0.3 is 6.61 Å². The maximum atomic E-state index is 13.7. The first-order chi connectivity index (χ1) is 17.5. The van der Waals surface area contributed by atoms with E-state index in [9.17, 15) is 28.0 Å². The van der Waals surface area contributed by atoms with Crippen molar-refractivity contribution in [2.45, 2.75) is 51.8 Å². The standard InChI is InChI=1S/C25H32F2N4O6/c1-13(2)9-19(31-17-5-4-6-21(36-3)15(17)11-18(31)22(28)33)24(35)30-16(20(32)12-37-25(26)27)10-14-7-8-29-23(14)34/h4-6,11,13-14,16,19,25H,7-10,12H2,1-3H3,(H2,28,33)(H,29,34)(H,30,35)/t14-,16-,19-/m0/s1. The molecular weight excluding hydrogens is 490 g/mol. The van der Waals surface area contributed by atoms with Crippen LogP contribution < -0.4 is 21.1 Å². The zero-order valence-electron chi connectivity index (χ0n) is 21.0. The van der Waals surface area contributed by atoms with Gasteiger partial charge in [0.2, 0.25) is 11.8 Å². The normalized spacial score (nSPS) is 17.2. The Labute approximate surface area is 212 Å². The van der Waals surface area contributed by atoms with Crippen LogP contribution in [-0.4, -0.2) is 61.0 Å². The molecule has 1 aliphatic rings. The van der Waals surface area contributed by atoms with E-state index >= 15 is 0 Å². The number of fused-ring (bicyclic) bond motifs is 1. The highest BCUT2D eigenvalue weighted by atomic mass is 19.3. The van der Waals surface area contributed by atoms with E-state index < -0.39 is 48.8 Å². The lowest BCUT2D eigenvalue weighted by molar-refractivity contribution is -0.153. The molecule has 1 saturated heterocycles. The number of hydrogen-bond donors (Lipinski definition) is 3. The van der Waals surface area contributed by atoms with Crippen molar-refractivity contribution < 1.29 is 37.4 Å². The van der Waals surface area contributed by atoms with Gasteiger partial charge in [0, 0.05) is 17.8 Å². The quantitative estimate of drug-likeness (QED) is 0.368. The van der Waals surface area contributed by atoms with Gasteiger partial charge < -0.3 is 30.4 Å². The molecule has 37 heavy (non-hydrogen) atoms. The molecule has 0 saturated carbocycles. The summed E-state index contributed by atoms with van der Waals surface area (Å²) in [5.41, 5.74) is 6.25. The van der Waals surface area contributed by atoms with Crippen LogP contribution in [0.25, 0.3) is 10.9 Å². The number of nitrogens with two attached hydrogens (primary N) is 1. The maximum absolute atomic E-state index is 13.7. The van der Waals surface area contributed by atoms with Crippen LogP contribution in [0.2, 0.25) is 0 Å². The van der Waals surface area contributed by atoms with Crippen LogP contribution >= 0.6 is 0 Å². The van der Waals surface area contributed by atoms with Gasteiger partial charge in [-0.05, 0) is 43.4 Å². The van der Waals surface area contributed by atoms with Gasteiger partial charge in [0.1, 0.15) is 24.1 Å². The Morgan fingerprint density at radius 3 is 2.57 bits per heavy atom. The average molecular weight is 523 g/mol. The Morgan fingerprint density at radius 2 is 2.00 bits per heavy atom. The third-order valence-corrected chi connectivity index (χ3v) is 6.36. The molecule has 10 nitrogen and oxygen atoms in total. The number of nitrogens with one attached hydrogen (secondary N) is 2. The van der Waals surface area contributed by atoms with Gasteiger partial charge in [0.15, 0.2) is 5.78 Å². The number of amides is 3. The summed E-state index contributed by atoms with van der Waals surface area (Å²) < 4.78 is 36.3. The molecule has 2 heterocycles. The Balaban J connectivity index is 2.00. The maximum Gasteiger partial charge on any atom is 0.345 e. The lowest BCUT2D eigenvalue weighted by Gasteiger charge is -2.27. The van der Waals surface area contributed by atoms with Crippen molar-refractivity contribution in [3.05, 3.63) is 30.0 Å². The molecular formula is C25H32F2N4O6. The fourth-order valence-corrected chi connectivity index (χ4v) is 4.64. The summed E-state index contributed by atoms with van der Waals surface area (Å²) in [6, 6.07) is 4.45. The van der Waals surface area contributed by atoms with Crippen molar-refractivity contribution >= 4 is 34.4 Å². The molecule has 12 heteroatoms. The minimum absolute atomic E-state index is 0.0172. The number of ketones is 1. The summed E-state index contributed by atoms with van der Waals surface area (Å²) in [5, 5.41) is 5.87. The summed E-state index contributed by atoms with van der Waals surface area (Å²) in [5.74, 6) is -2.55. The number of rotatable bonds is 13. The highest BCUT2D eigenvalue weighted by Crippen LogP contribution is 2.33. The smallest absolute Gasteiger partial charge is 0.345 e. The zero-order valence-corrected chi connectivity index (χ0v) is 21.0. The van der Waals surface area contributed by atoms with Gasteiger partial charge in [-0.3, -0.25) is 19.2 Å². The van der Waals surface area contributed by atoms with E-state index in [2.05, 4.69) is 15.4 Å². The number of aromatic nitrogens is 1. The minimum atomic E-state index is -3.16. The number of nitrogens with zero attached hydrogens (tertiary/aromatic N) is 1. The first-order valence-corrected chi connectivity index (χ1v) is 12.0. The number of primary amides is 1. The second-order valence-corrected chi connectivity index (χ2v) is 9.41. The van der Waals surface area contributed by atoms with E-state index in [1.165, 1.54) is 11.7 Å². The van der Waals surface area contributed by atoms with Gasteiger partial charge in [-0.25, -0.2) is 0 Å². The van der Waals surface area contributed by atoms with Gasteiger partial charge in [-0.1, -0.05) is 19.9 Å². The van der Waals surface area contributed by atoms with E-state index in [1.54, 1.807) is 24.3 Å². The molecule has 1 aromatic heterocycles. The predicted molar refractivity (Wildman–Crippen MR) is 130 cm³/mol. The number of benzene rings is 1. The van der Waals surface area contributed by atoms with Gasteiger partial charge in [-0.2, -0.15) is 8.78 Å². The summed E-state index contributed by atoms with van der Waals surface area (Å²) in [6.07, 6.45) is 0.642. The molecule has 3 atom stereocenters. The first kappa shape index (κ1) is 28.0. The molecule has 0 radical (unpaired) electrons. The Kier molecular flexibility index (Phi) is 9.19. The molecule has 3 rings (SSSR count). The number of ether oxygens (including phenoxy) is 2. The van der Waals surface area contributed by atoms with E-state index in [4.69, 9.17) is 10.5 Å². The molecule has 0 bridgehead atoms. The van der Waals surface area contributed by atoms with Crippen LogP contribution in [0.1, 0.15) is 49.6 Å². The highest BCUT2D eigenvalue weighted by Gasteiger charge is 2.35. The van der Waals surface area contributed by atoms with E-state index in [0.717, 1.165) is 0 Å². The monoisotopic (exact) mass is 522 g/mol. The molecule has 1 aromatic carbocycles. The summed E-state index contributed by atoms with van der Waals surface area (Å²) >= 11 is 0. The van der Waals surface area contributed by atoms with Gasteiger partial charge in [0.25, 0.3) is 5.91 Å². The first-order valence-electron chi connectivity index (χ1n) is 12.0. The van der Waals surface area contributed by atoms with Crippen molar-refractivity contribution in [1.29, 1.82) is 0 Å². The average Bonchev–Trinajstić information content (AvgIpc) is 3.43. The van der Waals surface area contributed by atoms with Gasteiger partial charge in [-0.15, -0.1) is 0 Å². The number of alkyl halides is 2. The fourth-order valence-electron chi connectivity index (χ4n) is 4.64. The highest BCUT2D eigenvalue weighted by molar-refractivity contribution is 6.01. The topological polar surface area (TPSA) is 142 Å². The van der Waals surface area contributed by atoms with Crippen LogP contribution in [0.5, 0.6) is 5.75 Å². The lowest BCUT2D eigenvalue weighted by atomic mass is 9.95. The molecule has 4 N–H and O–H groups in total.